The zero-order valence-electron chi connectivity index (χ0n) is 30.0. The Morgan fingerprint density at radius 2 is 1.75 bits per heavy atom. The van der Waals surface area contributed by atoms with E-state index in [1.807, 2.05) is 72.3 Å². The van der Waals surface area contributed by atoms with E-state index in [2.05, 4.69) is 46.0 Å². The van der Waals surface area contributed by atoms with Crippen LogP contribution in [0, 0.1) is 29.6 Å². The summed E-state index contributed by atoms with van der Waals surface area (Å²) in [5.74, 6) is 8.86. The monoisotopic (exact) mass is 689 g/mol. The molecule has 4 aromatic rings. The van der Waals surface area contributed by atoms with Crippen LogP contribution in [0.4, 0.5) is 4.79 Å². The number of benzene rings is 2. The lowest BCUT2D eigenvalue weighted by Crippen LogP contribution is -2.54. The second kappa shape index (κ2) is 14.3. The van der Waals surface area contributed by atoms with Crippen molar-refractivity contribution in [1.82, 2.24) is 35.1 Å². The number of hydrogen-bond donors (Lipinski definition) is 3. The number of carbonyl (C=O) groups is 3. The van der Waals surface area contributed by atoms with Crippen LogP contribution in [-0.2, 0) is 14.3 Å². The molecule has 51 heavy (non-hydrogen) atoms. The van der Waals surface area contributed by atoms with Gasteiger partial charge in [-0.1, -0.05) is 51.7 Å². The fourth-order valence-electron chi connectivity index (χ4n) is 8.11. The Morgan fingerprint density at radius 1 is 0.980 bits per heavy atom. The molecule has 5 atom stereocenters. The summed E-state index contributed by atoms with van der Waals surface area (Å²) in [5.41, 5.74) is 5.38. The first-order valence-corrected chi connectivity index (χ1v) is 18.2. The Hall–Kier alpha value is -5.11. The van der Waals surface area contributed by atoms with Crippen molar-refractivity contribution in [3.8, 4) is 23.1 Å². The summed E-state index contributed by atoms with van der Waals surface area (Å²) in [6.07, 6.45) is 6.65. The van der Waals surface area contributed by atoms with Crippen LogP contribution in [0.3, 0.4) is 0 Å². The first kappa shape index (κ1) is 34.3. The van der Waals surface area contributed by atoms with E-state index in [1.165, 1.54) is 7.11 Å². The molecule has 11 nitrogen and oxygen atoms in total. The van der Waals surface area contributed by atoms with E-state index in [0.717, 1.165) is 83.7 Å². The van der Waals surface area contributed by atoms with Crippen LogP contribution in [0.2, 0.25) is 0 Å². The van der Waals surface area contributed by atoms with E-state index < -0.39 is 12.1 Å². The molecule has 3 fully saturated rings. The van der Waals surface area contributed by atoms with Crippen molar-refractivity contribution < 1.29 is 19.1 Å². The summed E-state index contributed by atoms with van der Waals surface area (Å²) in [6, 6.07) is 13.3. The maximum absolute atomic E-state index is 13.9. The normalized spacial score (nSPS) is 21.7. The number of H-pyrrole nitrogens is 2. The minimum atomic E-state index is -0.675. The Kier molecular flexibility index (Phi) is 9.60. The van der Waals surface area contributed by atoms with Gasteiger partial charge in [-0.3, -0.25) is 9.59 Å². The standard InChI is InChI=1S/C40H47N7O4/c1-23(2)19-34(48)46-18-6-7-33(46)37-41-22-32(44-37)27-13-10-25(11-14-27)8-9-26-12-17-30-31(20-26)43-38(42-30)36-28-15-16-29(21-28)47(36)39(49)35(24(3)4)45-40(50)51-5/h10-14,17,20,22-24,28-29,33,35-36H,6-7,15-16,18-19,21H2,1-5H3,(H,41,44)(H,42,43)(H,45,50)/t28-,29+,33-,35-,36-/m0/s1. The van der Waals surface area contributed by atoms with Crippen LogP contribution in [0.1, 0.15) is 101 Å². The zero-order valence-corrected chi connectivity index (χ0v) is 30.0. The number of piperidine rings is 1. The first-order valence-electron chi connectivity index (χ1n) is 18.2. The number of nitrogens with zero attached hydrogens (tertiary/aromatic N) is 4. The van der Waals surface area contributed by atoms with Gasteiger partial charge in [-0.05, 0) is 85.8 Å². The molecule has 2 saturated heterocycles. The van der Waals surface area contributed by atoms with Gasteiger partial charge in [0, 0.05) is 30.1 Å². The van der Waals surface area contributed by atoms with Crippen molar-refractivity contribution in [2.75, 3.05) is 13.7 Å². The summed E-state index contributed by atoms with van der Waals surface area (Å²) in [5, 5.41) is 2.75. The lowest BCUT2D eigenvalue weighted by atomic mass is 9.95. The number of imidazole rings is 2. The minimum Gasteiger partial charge on any atom is -0.453 e. The van der Waals surface area contributed by atoms with Gasteiger partial charge >= 0.3 is 6.09 Å². The largest absolute Gasteiger partial charge is 0.453 e. The molecular formula is C40H47N7O4. The number of hydrogen-bond acceptors (Lipinski definition) is 6. The van der Waals surface area contributed by atoms with Gasteiger partial charge in [0.25, 0.3) is 0 Å². The molecule has 0 radical (unpaired) electrons. The minimum absolute atomic E-state index is 0.000661. The van der Waals surface area contributed by atoms with Crippen molar-refractivity contribution in [2.45, 2.75) is 90.4 Å². The number of nitrogens with one attached hydrogen (secondary N) is 3. The fraction of sp³-hybridized carbons (Fsp3) is 0.475. The van der Waals surface area contributed by atoms with Crippen molar-refractivity contribution in [3.63, 3.8) is 0 Å². The first-order chi connectivity index (χ1) is 24.6. The quantitative estimate of drug-likeness (QED) is 0.181. The average molecular weight is 690 g/mol. The van der Waals surface area contributed by atoms with Gasteiger partial charge in [0.15, 0.2) is 0 Å². The number of rotatable bonds is 8. The Labute approximate surface area is 298 Å². The van der Waals surface area contributed by atoms with Gasteiger partial charge in [0.1, 0.15) is 17.7 Å². The molecule has 3 aliphatic rings. The molecule has 1 saturated carbocycles. The number of methoxy groups -OCH3 is 1. The van der Waals surface area contributed by atoms with E-state index in [-0.39, 0.29) is 35.9 Å². The summed E-state index contributed by atoms with van der Waals surface area (Å²) in [4.78, 5) is 59.3. The van der Waals surface area contributed by atoms with Gasteiger partial charge < -0.3 is 29.8 Å². The summed E-state index contributed by atoms with van der Waals surface area (Å²) in [7, 11) is 1.31. The Morgan fingerprint density at radius 3 is 2.49 bits per heavy atom. The van der Waals surface area contributed by atoms with Gasteiger partial charge in [-0.25, -0.2) is 14.8 Å². The van der Waals surface area contributed by atoms with E-state index >= 15 is 0 Å². The molecule has 266 valence electrons. The summed E-state index contributed by atoms with van der Waals surface area (Å²) in [6.45, 7) is 8.79. The number of amides is 3. The van der Waals surface area contributed by atoms with Crippen molar-refractivity contribution in [3.05, 3.63) is 71.4 Å². The van der Waals surface area contributed by atoms with Crippen molar-refractivity contribution in [1.29, 1.82) is 0 Å². The number of carbonyl (C=O) groups excluding carboxylic acids is 3. The van der Waals surface area contributed by atoms with E-state index in [0.29, 0.717) is 18.3 Å². The van der Waals surface area contributed by atoms with Crippen LogP contribution < -0.4 is 5.32 Å². The van der Waals surface area contributed by atoms with Crippen molar-refractivity contribution >= 4 is 28.9 Å². The third-order valence-corrected chi connectivity index (χ3v) is 10.6. The van der Waals surface area contributed by atoms with Crippen LogP contribution in [0.25, 0.3) is 22.3 Å². The molecule has 2 aromatic carbocycles. The van der Waals surface area contributed by atoms with Crippen LogP contribution in [0.5, 0.6) is 0 Å². The molecule has 3 N–H and O–H groups in total. The van der Waals surface area contributed by atoms with Crippen LogP contribution >= 0.6 is 0 Å². The highest BCUT2D eigenvalue weighted by molar-refractivity contribution is 5.87. The van der Waals surface area contributed by atoms with Gasteiger partial charge in [0.2, 0.25) is 11.8 Å². The molecule has 2 aliphatic heterocycles. The van der Waals surface area contributed by atoms with E-state index in [1.54, 1.807) is 0 Å². The average Bonchev–Trinajstić information content (AvgIpc) is 3.96. The van der Waals surface area contributed by atoms with Crippen molar-refractivity contribution in [2.24, 2.45) is 17.8 Å². The van der Waals surface area contributed by atoms with E-state index in [9.17, 15) is 14.4 Å². The summed E-state index contributed by atoms with van der Waals surface area (Å²) < 4.78 is 4.81. The fourth-order valence-corrected chi connectivity index (χ4v) is 8.11. The third-order valence-electron chi connectivity index (χ3n) is 10.6. The van der Waals surface area contributed by atoms with E-state index in [4.69, 9.17) is 9.72 Å². The smallest absolute Gasteiger partial charge is 0.407 e. The SMILES string of the molecule is COC(=O)N[C@H](C(=O)N1[C@@H]2CC[C@@H](C2)[C@H]1c1nc2ccc(C#Cc3ccc(-c4cnc([C@@H]5CCCN5C(=O)CC(C)C)[nH]4)cc3)cc2[nH]1)C(C)C. The second-order valence-corrected chi connectivity index (χ2v) is 15.0. The highest BCUT2D eigenvalue weighted by atomic mass is 16.5. The molecular weight excluding hydrogens is 642 g/mol. The third kappa shape index (κ3) is 6.96. The molecule has 2 aromatic heterocycles. The van der Waals surface area contributed by atoms with Crippen LogP contribution in [0.15, 0.2) is 48.7 Å². The molecule has 3 amide bonds. The predicted molar refractivity (Wildman–Crippen MR) is 194 cm³/mol. The van der Waals surface area contributed by atoms with Gasteiger partial charge in [0.05, 0.1) is 42.1 Å². The second-order valence-electron chi connectivity index (χ2n) is 15.0. The number of alkyl carbamates (subject to hydrolysis) is 1. The molecule has 0 unspecified atom stereocenters. The molecule has 7 rings (SSSR count). The van der Waals surface area contributed by atoms with Gasteiger partial charge in [-0.15, -0.1) is 0 Å². The predicted octanol–water partition coefficient (Wildman–Crippen LogP) is 6.50. The lowest BCUT2D eigenvalue weighted by Gasteiger charge is -2.37. The maximum Gasteiger partial charge on any atom is 0.407 e. The van der Waals surface area contributed by atoms with Crippen LogP contribution in [-0.4, -0.2) is 73.4 Å². The zero-order chi connectivity index (χ0) is 35.8. The number of fused-ring (bicyclic) bond motifs is 3. The number of aromatic amines is 2. The van der Waals surface area contributed by atoms with Gasteiger partial charge in [-0.2, -0.15) is 0 Å². The number of likely N-dealkylation sites (tertiary alicyclic amines) is 2. The maximum atomic E-state index is 13.9. The molecule has 4 heterocycles. The molecule has 2 bridgehead atoms. The topological polar surface area (TPSA) is 136 Å². The highest BCUT2D eigenvalue weighted by Crippen LogP contribution is 2.50. The number of aromatic nitrogens is 4. The molecule has 0 spiro atoms. The molecule has 1 aliphatic carbocycles. The highest BCUT2D eigenvalue weighted by Gasteiger charge is 2.51. The lowest BCUT2D eigenvalue weighted by molar-refractivity contribution is -0.139. The summed E-state index contributed by atoms with van der Waals surface area (Å²) >= 11 is 0. The Balaban J connectivity index is 1.05. The molecule has 11 heteroatoms. The Bertz CT molecular complexity index is 1980. The number of ether oxygens (including phenoxy) is 1.